The molecular weight excluding hydrogens is 280 g/mol. The van der Waals surface area contributed by atoms with Crippen molar-refractivity contribution < 1.29 is 9.53 Å². The zero-order valence-corrected chi connectivity index (χ0v) is 12.7. The van der Waals surface area contributed by atoms with Crippen LogP contribution in [0, 0.1) is 0 Å². The Hall–Kier alpha value is -1.40. The van der Waals surface area contributed by atoms with Crippen molar-refractivity contribution in [2.45, 2.75) is 26.2 Å². The van der Waals surface area contributed by atoms with E-state index in [1.165, 1.54) is 0 Å². The minimum atomic E-state index is -0.0246. The van der Waals surface area contributed by atoms with Crippen molar-refractivity contribution in [3.05, 3.63) is 17.0 Å². The van der Waals surface area contributed by atoms with E-state index in [2.05, 4.69) is 27.5 Å². The van der Waals surface area contributed by atoms with Gasteiger partial charge < -0.3 is 15.4 Å². The van der Waals surface area contributed by atoms with Gasteiger partial charge in [-0.1, -0.05) is 18.5 Å². The van der Waals surface area contributed by atoms with Crippen LogP contribution in [0.2, 0.25) is 5.15 Å². The summed E-state index contributed by atoms with van der Waals surface area (Å²) in [5.41, 5.74) is 0. The normalized spacial score (nSPS) is 10.3. The van der Waals surface area contributed by atoms with Crippen molar-refractivity contribution in [2.75, 3.05) is 32.1 Å². The maximum atomic E-state index is 11.5. The minimum Gasteiger partial charge on any atom is -0.383 e. The lowest BCUT2D eigenvalue weighted by Gasteiger charge is -2.08. The zero-order valence-electron chi connectivity index (χ0n) is 11.9. The van der Waals surface area contributed by atoms with Gasteiger partial charge in [-0.05, 0) is 6.42 Å². The lowest BCUT2D eigenvalue weighted by atomic mass is 10.3. The monoisotopic (exact) mass is 300 g/mol. The van der Waals surface area contributed by atoms with E-state index >= 15 is 0 Å². The molecule has 1 amide bonds. The molecule has 1 aromatic rings. The van der Waals surface area contributed by atoms with Crippen LogP contribution in [0.3, 0.4) is 0 Å². The highest BCUT2D eigenvalue weighted by molar-refractivity contribution is 6.29. The van der Waals surface area contributed by atoms with E-state index in [0.717, 1.165) is 12.8 Å². The molecule has 0 saturated carbocycles. The highest BCUT2D eigenvalue weighted by Gasteiger charge is 2.04. The molecule has 0 fully saturated rings. The lowest BCUT2D eigenvalue weighted by Crippen LogP contribution is -2.28. The standard InChI is InChI=1S/C13H21ClN4O2/c1-3-4-11-17-10(14)9-12(18-11)15-6-5-13(19)16-7-8-20-2/h9H,3-8H2,1-2H3,(H,16,19)(H,15,17,18). The SMILES string of the molecule is CCCc1nc(Cl)cc(NCCC(=O)NCCOC)n1. The summed E-state index contributed by atoms with van der Waals surface area (Å²) >= 11 is 5.93. The molecule has 1 rings (SSSR count). The van der Waals surface area contributed by atoms with Gasteiger partial charge in [0.2, 0.25) is 5.91 Å². The fourth-order valence-corrected chi connectivity index (χ4v) is 1.78. The van der Waals surface area contributed by atoms with Crippen LogP contribution >= 0.6 is 11.6 Å². The molecule has 112 valence electrons. The Kier molecular flexibility index (Phi) is 7.91. The van der Waals surface area contributed by atoms with Crippen molar-refractivity contribution in [1.29, 1.82) is 0 Å². The number of carbonyl (C=O) groups excluding carboxylic acids is 1. The van der Waals surface area contributed by atoms with Gasteiger partial charge in [0, 0.05) is 39.1 Å². The second kappa shape index (κ2) is 9.50. The molecule has 0 aliphatic heterocycles. The maximum Gasteiger partial charge on any atom is 0.221 e. The number of hydrogen-bond acceptors (Lipinski definition) is 5. The van der Waals surface area contributed by atoms with E-state index in [0.29, 0.717) is 42.9 Å². The third-order valence-electron chi connectivity index (χ3n) is 2.50. The molecular formula is C13H21ClN4O2. The maximum absolute atomic E-state index is 11.5. The Bertz CT molecular complexity index is 429. The van der Waals surface area contributed by atoms with Crippen molar-refractivity contribution in [1.82, 2.24) is 15.3 Å². The van der Waals surface area contributed by atoms with Gasteiger partial charge >= 0.3 is 0 Å². The second-order valence-corrected chi connectivity index (χ2v) is 4.65. The summed E-state index contributed by atoms with van der Waals surface area (Å²) < 4.78 is 4.85. The van der Waals surface area contributed by atoms with Gasteiger partial charge in [0.1, 0.15) is 16.8 Å². The fourth-order valence-electron chi connectivity index (χ4n) is 1.58. The molecule has 6 nitrogen and oxygen atoms in total. The predicted molar refractivity (Wildman–Crippen MR) is 79.0 cm³/mol. The van der Waals surface area contributed by atoms with Crippen molar-refractivity contribution in [3.8, 4) is 0 Å². The van der Waals surface area contributed by atoms with Gasteiger partial charge in [0.25, 0.3) is 0 Å². The first-order valence-electron chi connectivity index (χ1n) is 6.68. The van der Waals surface area contributed by atoms with E-state index in [1.54, 1.807) is 13.2 Å². The molecule has 1 aromatic heterocycles. The third kappa shape index (κ3) is 6.68. The number of rotatable bonds is 9. The lowest BCUT2D eigenvalue weighted by molar-refractivity contribution is -0.121. The second-order valence-electron chi connectivity index (χ2n) is 4.26. The number of aromatic nitrogens is 2. The highest BCUT2D eigenvalue weighted by atomic mass is 35.5. The van der Waals surface area contributed by atoms with Crippen LogP contribution in [-0.2, 0) is 16.0 Å². The Balaban J connectivity index is 2.36. The van der Waals surface area contributed by atoms with Gasteiger partial charge in [-0.25, -0.2) is 9.97 Å². The van der Waals surface area contributed by atoms with Crippen molar-refractivity contribution in [3.63, 3.8) is 0 Å². The van der Waals surface area contributed by atoms with Crippen LogP contribution < -0.4 is 10.6 Å². The molecule has 20 heavy (non-hydrogen) atoms. The number of nitrogens with one attached hydrogen (secondary N) is 2. The quantitative estimate of drug-likeness (QED) is 0.536. The number of anilines is 1. The summed E-state index contributed by atoms with van der Waals surface area (Å²) in [5, 5.41) is 6.24. The molecule has 0 unspecified atom stereocenters. The number of amides is 1. The Labute approximate surface area is 124 Å². The van der Waals surface area contributed by atoms with Gasteiger partial charge in [-0.3, -0.25) is 4.79 Å². The molecule has 0 radical (unpaired) electrons. The van der Waals surface area contributed by atoms with E-state index in [9.17, 15) is 4.79 Å². The molecule has 0 atom stereocenters. The molecule has 0 aromatic carbocycles. The summed E-state index contributed by atoms with van der Waals surface area (Å²) in [5.74, 6) is 1.34. The Morgan fingerprint density at radius 1 is 1.40 bits per heavy atom. The van der Waals surface area contributed by atoms with Gasteiger partial charge in [0.05, 0.1) is 6.61 Å². The molecule has 7 heteroatoms. The molecule has 0 aliphatic rings. The molecule has 2 N–H and O–H groups in total. The van der Waals surface area contributed by atoms with Crippen LogP contribution in [-0.4, -0.2) is 42.7 Å². The van der Waals surface area contributed by atoms with E-state index in [1.807, 2.05) is 0 Å². The summed E-state index contributed by atoms with van der Waals surface area (Å²) in [7, 11) is 1.60. The summed E-state index contributed by atoms with van der Waals surface area (Å²) in [4.78, 5) is 20.0. The molecule has 0 aliphatic carbocycles. The fraction of sp³-hybridized carbons (Fsp3) is 0.615. The minimum absolute atomic E-state index is 0.0246. The largest absolute Gasteiger partial charge is 0.383 e. The summed E-state index contributed by atoms with van der Waals surface area (Å²) in [6.07, 6.45) is 2.11. The van der Waals surface area contributed by atoms with Gasteiger partial charge in [0.15, 0.2) is 0 Å². The predicted octanol–water partition coefficient (Wildman–Crippen LogP) is 1.65. The van der Waals surface area contributed by atoms with Crippen LogP contribution in [0.1, 0.15) is 25.6 Å². The topological polar surface area (TPSA) is 76.1 Å². The van der Waals surface area contributed by atoms with Crippen LogP contribution in [0.25, 0.3) is 0 Å². The molecule has 0 saturated heterocycles. The van der Waals surface area contributed by atoms with E-state index < -0.39 is 0 Å². The van der Waals surface area contributed by atoms with Gasteiger partial charge in [-0.2, -0.15) is 0 Å². The van der Waals surface area contributed by atoms with Crippen LogP contribution in [0.4, 0.5) is 5.82 Å². The molecule has 0 bridgehead atoms. The number of nitrogens with zero attached hydrogens (tertiary/aromatic N) is 2. The number of carbonyl (C=O) groups is 1. The third-order valence-corrected chi connectivity index (χ3v) is 2.69. The summed E-state index contributed by atoms with van der Waals surface area (Å²) in [6, 6.07) is 1.66. The Morgan fingerprint density at radius 2 is 2.20 bits per heavy atom. The number of methoxy groups -OCH3 is 1. The number of aryl methyl sites for hydroxylation is 1. The van der Waals surface area contributed by atoms with Crippen LogP contribution in [0.15, 0.2) is 6.07 Å². The van der Waals surface area contributed by atoms with Crippen molar-refractivity contribution >= 4 is 23.3 Å². The van der Waals surface area contributed by atoms with E-state index in [-0.39, 0.29) is 5.91 Å². The molecule has 1 heterocycles. The first-order valence-corrected chi connectivity index (χ1v) is 7.06. The zero-order chi connectivity index (χ0) is 14.8. The van der Waals surface area contributed by atoms with Crippen LogP contribution in [0.5, 0.6) is 0 Å². The average Bonchev–Trinajstić information content (AvgIpc) is 2.39. The van der Waals surface area contributed by atoms with Crippen molar-refractivity contribution in [2.24, 2.45) is 0 Å². The average molecular weight is 301 g/mol. The Morgan fingerprint density at radius 3 is 2.90 bits per heavy atom. The summed E-state index contributed by atoms with van der Waals surface area (Å²) in [6.45, 7) is 3.59. The van der Waals surface area contributed by atoms with E-state index in [4.69, 9.17) is 16.3 Å². The smallest absolute Gasteiger partial charge is 0.221 e. The first-order chi connectivity index (χ1) is 9.65. The number of ether oxygens (including phenoxy) is 1. The molecule has 0 spiro atoms. The van der Waals surface area contributed by atoms with Gasteiger partial charge in [-0.15, -0.1) is 0 Å². The first kappa shape index (κ1) is 16.7. The highest BCUT2D eigenvalue weighted by Crippen LogP contribution is 2.12. The number of hydrogen-bond donors (Lipinski definition) is 2. The number of halogens is 1.